The first-order valence-corrected chi connectivity index (χ1v) is 28.0. The van der Waals surface area contributed by atoms with Crippen molar-refractivity contribution >= 4 is 50.2 Å². The number of hydrogen-bond donors (Lipinski definition) is 1. The van der Waals surface area contributed by atoms with Gasteiger partial charge >= 0.3 is 24.0 Å². The van der Waals surface area contributed by atoms with Crippen LogP contribution < -0.4 is 5.32 Å². The van der Waals surface area contributed by atoms with Crippen LogP contribution in [0.15, 0.2) is 30.3 Å². The second-order valence-electron chi connectivity index (χ2n) is 19.5. The van der Waals surface area contributed by atoms with Gasteiger partial charge in [0.15, 0.2) is 0 Å². The van der Waals surface area contributed by atoms with Crippen LogP contribution in [-0.2, 0) is 50.0 Å². The Morgan fingerprint density at radius 1 is 0.873 bits per heavy atom. The highest BCUT2D eigenvalue weighted by Gasteiger charge is 2.46. The van der Waals surface area contributed by atoms with Crippen LogP contribution in [0.1, 0.15) is 80.7 Å². The van der Waals surface area contributed by atoms with Gasteiger partial charge in [0.05, 0.1) is 13.8 Å². The molecule has 0 radical (unpaired) electrons. The number of carbonyl (C=O) groups is 4. The summed E-state index contributed by atoms with van der Waals surface area (Å²) in [5.74, 6) is -2.07. The van der Waals surface area contributed by atoms with Gasteiger partial charge in [0.1, 0.15) is 41.5 Å². The molecule has 16 heteroatoms. The lowest BCUT2D eigenvalue weighted by molar-refractivity contribution is -0.160. The Morgan fingerprint density at radius 2 is 1.42 bits per heavy atom. The van der Waals surface area contributed by atoms with E-state index in [1.165, 1.54) is 0 Å². The Hall–Kier alpha value is -2.80. The van der Waals surface area contributed by atoms with Crippen molar-refractivity contribution in [1.82, 2.24) is 14.5 Å². The Morgan fingerprint density at radius 3 is 1.95 bits per heavy atom. The molecule has 1 aliphatic heterocycles. The molecular weight excluding hydrogens is 759 g/mol. The van der Waals surface area contributed by atoms with E-state index in [1.54, 1.807) is 53.7 Å². The zero-order chi connectivity index (χ0) is 42.2. The largest absolute Gasteiger partial charge is 0.459 e. The van der Waals surface area contributed by atoms with E-state index in [-0.39, 0.29) is 44.3 Å². The predicted octanol–water partition coefficient (Wildman–Crippen LogP) is 6.36. The number of nitrogens with zero attached hydrogens (tertiary/aromatic N) is 2. The van der Waals surface area contributed by atoms with E-state index in [2.05, 4.69) is 38.1 Å². The van der Waals surface area contributed by atoms with Crippen LogP contribution >= 0.6 is 0 Å². The molecular formula is C39H69N3O10SSi2. The van der Waals surface area contributed by atoms with Gasteiger partial charge in [-0.1, -0.05) is 63.1 Å². The summed E-state index contributed by atoms with van der Waals surface area (Å²) in [5.41, 5.74) is -1.80. The number of benzene rings is 1. The molecule has 13 nitrogen and oxygen atoms in total. The third-order valence-corrected chi connectivity index (χ3v) is 15.3. The quantitative estimate of drug-likeness (QED) is 0.106. The normalized spacial score (nSPS) is 18.0. The van der Waals surface area contributed by atoms with Gasteiger partial charge in [0.2, 0.25) is 10.0 Å². The van der Waals surface area contributed by atoms with Crippen LogP contribution in [0.3, 0.4) is 0 Å². The molecule has 1 aromatic carbocycles. The second-order valence-corrected chi connectivity index (χ2v) is 32.3. The van der Waals surface area contributed by atoms with Gasteiger partial charge in [-0.05, 0) is 99.0 Å². The predicted molar refractivity (Wildman–Crippen MR) is 220 cm³/mol. The molecule has 1 N–H and O–H groups in total. The molecule has 0 saturated carbocycles. The van der Waals surface area contributed by atoms with Crippen molar-refractivity contribution in [1.29, 1.82) is 0 Å². The number of rotatable bonds is 17. The summed E-state index contributed by atoms with van der Waals surface area (Å²) in [6.07, 6.45) is -0.416. The van der Waals surface area contributed by atoms with Crippen molar-refractivity contribution in [2.75, 3.05) is 25.0 Å². The average Bonchev–Trinajstić information content (AvgIpc) is 3.31. The van der Waals surface area contributed by atoms with Crippen LogP contribution in [0.25, 0.3) is 0 Å². The fourth-order valence-electron chi connectivity index (χ4n) is 6.08. The van der Waals surface area contributed by atoms with Gasteiger partial charge in [0.25, 0.3) is 0 Å². The highest BCUT2D eigenvalue weighted by Crippen LogP contribution is 2.30. The van der Waals surface area contributed by atoms with Crippen molar-refractivity contribution in [3.05, 3.63) is 35.9 Å². The van der Waals surface area contributed by atoms with Crippen LogP contribution in [0.5, 0.6) is 0 Å². The molecule has 0 aromatic heterocycles. The van der Waals surface area contributed by atoms with Crippen LogP contribution in [-0.4, -0.2) is 118 Å². The van der Waals surface area contributed by atoms with E-state index in [1.807, 2.05) is 43.9 Å². The van der Waals surface area contributed by atoms with Crippen LogP contribution in [0.2, 0.25) is 44.8 Å². The molecule has 1 heterocycles. The van der Waals surface area contributed by atoms with Gasteiger partial charge in [-0.25, -0.2) is 18.0 Å². The molecule has 1 unspecified atom stereocenters. The summed E-state index contributed by atoms with van der Waals surface area (Å²) in [7, 11) is -7.89. The highest BCUT2D eigenvalue weighted by atomic mass is 32.2. The zero-order valence-corrected chi connectivity index (χ0v) is 38.7. The van der Waals surface area contributed by atoms with Gasteiger partial charge in [-0.15, -0.1) is 0 Å². The Labute approximate surface area is 332 Å². The Balaban J connectivity index is 2.55. The highest BCUT2D eigenvalue weighted by molar-refractivity contribution is 7.89. The lowest BCUT2D eigenvalue weighted by atomic mass is 10.1. The number of alkyl carbamates (subject to hydrolysis) is 1. The molecule has 1 amide bonds. The third kappa shape index (κ3) is 18.3. The molecule has 1 saturated heterocycles. The maximum absolute atomic E-state index is 14.4. The molecule has 1 aromatic rings. The van der Waals surface area contributed by atoms with Gasteiger partial charge < -0.3 is 24.3 Å². The fraction of sp³-hybridized carbons (Fsp3) is 0.744. The van der Waals surface area contributed by atoms with Crippen molar-refractivity contribution in [2.24, 2.45) is 0 Å². The van der Waals surface area contributed by atoms with Crippen molar-refractivity contribution in [3.8, 4) is 0 Å². The number of hydrogen-bond acceptors (Lipinski definition) is 11. The van der Waals surface area contributed by atoms with Gasteiger partial charge in [0, 0.05) is 21.2 Å². The lowest BCUT2D eigenvalue weighted by Crippen LogP contribution is -2.53. The molecule has 1 fully saturated rings. The maximum atomic E-state index is 14.4. The Kier molecular flexibility index (Phi) is 16.8. The smallest absolute Gasteiger partial charge is 0.408 e. The molecule has 2 rings (SSSR count). The van der Waals surface area contributed by atoms with Crippen LogP contribution in [0.4, 0.5) is 4.79 Å². The second kappa shape index (κ2) is 19.1. The van der Waals surface area contributed by atoms with E-state index in [9.17, 15) is 27.6 Å². The molecule has 3 atom stereocenters. The summed E-state index contributed by atoms with van der Waals surface area (Å²) in [4.78, 5) is 56.2. The number of nitrogens with one attached hydrogen (secondary N) is 1. The number of amides is 1. The van der Waals surface area contributed by atoms with E-state index in [0.29, 0.717) is 18.3 Å². The van der Waals surface area contributed by atoms with Crippen LogP contribution in [0, 0.1) is 0 Å². The van der Waals surface area contributed by atoms with E-state index in [0.717, 1.165) is 9.87 Å². The first-order valence-electron chi connectivity index (χ1n) is 19.3. The monoisotopic (exact) mass is 827 g/mol. The Bertz CT molecular complexity index is 1560. The molecule has 314 valence electrons. The summed E-state index contributed by atoms with van der Waals surface area (Å²) >= 11 is 0. The lowest BCUT2D eigenvalue weighted by Gasteiger charge is -2.35. The summed E-state index contributed by atoms with van der Waals surface area (Å²) < 4.78 is 52.7. The minimum absolute atomic E-state index is 0.0223. The number of sulfonamides is 1. The summed E-state index contributed by atoms with van der Waals surface area (Å²) in [5, 5.41) is 2.58. The van der Waals surface area contributed by atoms with Crippen molar-refractivity contribution in [3.63, 3.8) is 0 Å². The molecule has 1 aliphatic rings. The first-order chi connectivity index (χ1) is 24.9. The summed E-state index contributed by atoms with van der Waals surface area (Å²) in [6.45, 7) is 26.1. The third-order valence-electron chi connectivity index (χ3n) is 8.51. The SMILES string of the molecule is CC(C)(C)OC(=O)C1C[Si](C)(C)CN1CC[C@@H](C(=O)OC(C)(C)C)N(CC[C@H](NC(=O)OCc1ccccc1)C(=O)OC(C)(C)C)S(=O)(=O)CC[Si](C)(C)C. The molecule has 0 aliphatic carbocycles. The molecule has 55 heavy (non-hydrogen) atoms. The van der Waals surface area contributed by atoms with E-state index < -0.39 is 79.1 Å². The molecule has 0 bridgehead atoms. The molecule has 0 spiro atoms. The maximum Gasteiger partial charge on any atom is 0.408 e. The standard InChI is InChI=1S/C39H69N3O10SSi2/c1-37(2,3)50-33(43)30(40-36(46)49-26-29-18-16-15-17-19-29)20-23-42(53(47,48)24-25-54(10,11)12)31(34(44)51-38(4,5)6)21-22-41-28-55(13,14)27-32(41)35(45)52-39(7,8)9/h15-19,30-32H,20-28H2,1-14H3,(H,40,46)/t30-,31-,32?/m0/s1. The van der Waals surface area contributed by atoms with Crippen molar-refractivity contribution < 1.29 is 46.5 Å². The minimum atomic E-state index is -4.14. The number of ether oxygens (including phenoxy) is 4. The van der Waals surface area contributed by atoms with E-state index in [4.69, 9.17) is 18.9 Å². The average molecular weight is 828 g/mol. The van der Waals surface area contributed by atoms with Crippen molar-refractivity contribution in [2.45, 2.75) is 162 Å². The van der Waals surface area contributed by atoms with Gasteiger partial charge in [-0.3, -0.25) is 14.5 Å². The van der Waals surface area contributed by atoms with Gasteiger partial charge in [-0.2, -0.15) is 4.31 Å². The van der Waals surface area contributed by atoms with E-state index >= 15 is 0 Å². The number of carbonyl (C=O) groups excluding carboxylic acids is 4. The topological polar surface area (TPSA) is 158 Å². The summed E-state index contributed by atoms with van der Waals surface area (Å²) in [6, 6.07) is 7.01. The minimum Gasteiger partial charge on any atom is -0.459 e. The first kappa shape index (κ1) is 48.4. The zero-order valence-electron chi connectivity index (χ0n) is 35.9. The number of esters is 3. The fourth-order valence-corrected chi connectivity index (χ4v) is 13.8.